The molecule has 5 heteroatoms. The predicted molar refractivity (Wildman–Crippen MR) is 110 cm³/mol. The van der Waals surface area contributed by atoms with Crippen molar-refractivity contribution in [2.45, 2.75) is 12.5 Å². The molecule has 0 saturated carbocycles. The number of benzene rings is 3. The molecule has 1 aliphatic rings. The van der Waals surface area contributed by atoms with Crippen molar-refractivity contribution in [3.63, 3.8) is 0 Å². The molecule has 5 nitrogen and oxygen atoms in total. The molecule has 0 fully saturated rings. The first kappa shape index (κ1) is 17.9. The van der Waals surface area contributed by atoms with Gasteiger partial charge in [-0.25, -0.2) is 0 Å². The number of aromatic hydroxyl groups is 1. The fraction of sp³-hybridized carbons (Fsp3) is 0.174. The molecule has 1 atom stereocenters. The lowest BCUT2D eigenvalue weighted by molar-refractivity contribution is 0.349. The van der Waals surface area contributed by atoms with Crippen molar-refractivity contribution in [2.75, 3.05) is 19.2 Å². The summed E-state index contributed by atoms with van der Waals surface area (Å²) in [6, 6.07) is 23.1. The Morgan fingerprint density at radius 1 is 0.893 bits per heavy atom. The topological polar surface area (TPSA) is 54.3 Å². The summed E-state index contributed by atoms with van der Waals surface area (Å²) in [4.78, 5) is 0. The molecular weight excluding hydrogens is 352 g/mol. The number of methoxy groups -OCH3 is 2. The maximum absolute atomic E-state index is 10.3. The molecule has 0 aromatic heterocycles. The van der Waals surface area contributed by atoms with Gasteiger partial charge in [0.2, 0.25) is 0 Å². The van der Waals surface area contributed by atoms with E-state index in [1.807, 2.05) is 71.7 Å². The summed E-state index contributed by atoms with van der Waals surface area (Å²) in [7, 11) is 3.28. The maximum Gasteiger partial charge on any atom is 0.166 e. The van der Waals surface area contributed by atoms with Gasteiger partial charge in [-0.15, -0.1) is 0 Å². The second-order valence-corrected chi connectivity index (χ2v) is 6.55. The van der Waals surface area contributed by atoms with Crippen LogP contribution in [-0.4, -0.2) is 25.0 Å². The van der Waals surface area contributed by atoms with Gasteiger partial charge in [0, 0.05) is 17.5 Å². The highest BCUT2D eigenvalue weighted by Crippen LogP contribution is 2.43. The van der Waals surface area contributed by atoms with Gasteiger partial charge in [0.05, 0.1) is 31.7 Å². The number of hydrogen-bond donors (Lipinski definition) is 1. The van der Waals surface area contributed by atoms with Crippen LogP contribution in [0.3, 0.4) is 0 Å². The van der Waals surface area contributed by atoms with Crippen molar-refractivity contribution in [3.05, 3.63) is 83.9 Å². The zero-order chi connectivity index (χ0) is 19.5. The Bertz CT molecular complexity index is 1000. The first-order valence-corrected chi connectivity index (χ1v) is 9.14. The van der Waals surface area contributed by atoms with Crippen LogP contribution in [0, 0.1) is 0 Å². The van der Waals surface area contributed by atoms with Crippen LogP contribution in [0.25, 0.3) is 0 Å². The second-order valence-electron chi connectivity index (χ2n) is 6.55. The zero-order valence-corrected chi connectivity index (χ0v) is 15.9. The smallest absolute Gasteiger partial charge is 0.166 e. The highest BCUT2D eigenvalue weighted by molar-refractivity contribution is 6.05. The number of para-hydroxylation sites is 3. The molecule has 0 spiro atoms. The first-order valence-electron chi connectivity index (χ1n) is 9.14. The predicted octanol–water partition coefficient (Wildman–Crippen LogP) is 4.77. The first-order chi connectivity index (χ1) is 13.7. The van der Waals surface area contributed by atoms with Crippen LogP contribution in [0.5, 0.6) is 17.2 Å². The molecule has 0 amide bonds. The van der Waals surface area contributed by atoms with Crippen molar-refractivity contribution < 1.29 is 14.6 Å². The Labute approximate surface area is 164 Å². The third-order valence-corrected chi connectivity index (χ3v) is 4.94. The maximum atomic E-state index is 10.3. The van der Waals surface area contributed by atoms with Crippen LogP contribution in [0.1, 0.15) is 23.6 Å². The molecule has 3 aromatic carbocycles. The summed E-state index contributed by atoms with van der Waals surface area (Å²) in [6.07, 6.45) is 0.635. The lowest BCUT2D eigenvalue weighted by Gasteiger charge is -2.26. The minimum Gasteiger partial charge on any atom is -0.507 e. The fourth-order valence-corrected chi connectivity index (χ4v) is 3.63. The average Bonchev–Trinajstić information content (AvgIpc) is 3.19. The van der Waals surface area contributed by atoms with Gasteiger partial charge in [0.1, 0.15) is 5.75 Å². The standard InChI is InChI=1S/C23H22N2O3/c1-27-22-14-8-12-18(23(22)28-2)20-15-19(17-11-6-7-13-21(17)26)24-25(20)16-9-4-3-5-10-16/h3-14,20,26H,15H2,1-2H3. The largest absolute Gasteiger partial charge is 0.507 e. The van der Waals surface area contributed by atoms with Crippen molar-refractivity contribution in [3.8, 4) is 17.2 Å². The molecular formula is C23H22N2O3. The highest BCUT2D eigenvalue weighted by atomic mass is 16.5. The Balaban J connectivity index is 1.82. The Hall–Kier alpha value is -3.47. The molecule has 1 unspecified atom stereocenters. The van der Waals surface area contributed by atoms with Gasteiger partial charge in [-0.2, -0.15) is 5.10 Å². The molecule has 1 N–H and O–H groups in total. The van der Waals surface area contributed by atoms with Gasteiger partial charge in [-0.1, -0.05) is 42.5 Å². The molecule has 0 saturated heterocycles. The van der Waals surface area contributed by atoms with Gasteiger partial charge in [0.25, 0.3) is 0 Å². The van der Waals surface area contributed by atoms with Crippen molar-refractivity contribution in [1.29, 1.82) is 0 Å². The van der Waals surface area contributed by atoms with Gasteiger partial charge in [-0.05, 0) is 30.3 Å². The molecule has 0 aliphatic carbocycles. The van der Waals surface area contributed by atoms with Crippen LogP contribution in [0.2, 0.25) is 0 Å². The number of nitrogens with zero attached hydrogens (tertiary/aromatic N) is 2. The van der Waals surface area contributed by atoms with E-state index in [9.17, 15) is 5.11 Å². The summed E-state index contributed by atoms with van der Waals surface area (Å²) in [5.74, 6) is 1.61. The number of anilines is 1. The summed E-state index contributed by atoms with van der Waals surface area (Å²) in [5, 5.41) is 17.2. The van der Waals surface area contributed by atoms with Gasteiger partial charge < -0.3 is 14.6 Å². The van der Waals surface area contributed by atoms with E-state index in [1.165, 1.54) is 0 Å². The van der Waals surface area contributed by atoms with Crippen molar-refractivity contribution in [1.82, 2.24) is 0 Å². The molecule has 28 heavy (non-hydrogen) atoms. The monoisotopic (exact) mass is 374 g/mol. The lowest BCUT2D eigenvalue weighted by atomic mass is 9.96. The van der Waals surface area contributed by atoms with Crippen LogP contribution < -0.4 is 14.5 Å². The Morgan fingerprint density at radius 2 is 1.64 bits per heavy atom. The molecule has 3 aromatic rings. The van der Waals surface area contributed by atoms with Gasteiger partial charge in [0.15, 0.2) is 11.5 Å². The summed E-state index contributed by atoms with van der Waals surface area (Å²) >= 11 is 0. The van der Waals surface area contributed by atoms with Gasteiger partial charge >= 0.3 is 0 Å². The van der Waals surface area contributed by atoms with E-state index in [1.54, 1.807) is 20.3 Å². The van der Waals surface area contributed by atoms with E-state index < -0.39 is 0 Å². The number of hydrogen-bond acceptors (Lipinski definition) is 5. The molecule has 4 rings (SSSR count). The number of ether oxygens (including phenoxy) is 2. The minimum absolute atomic E-state index is 0.0814. The number of phenolic OH excluding ortho intramolecular Hbond substituents is 1. The highest BCUT2D eigenvalue weighted by Gasteiger charge is 2.33. The van der Waals surface area contributed by atoms with Crippen LogP contribution in [0.4, 0.5) is 5.69 Å². The van der Waals surface area contributed by atoms with Crippen molar-refractivity contribution >= 4 is 11.4 Å². The van der Waals surface area contributed by atoms with E-state index in [2.05, 4.69) is 0 Å². The van der Waals surface area contributed by atoms with E-state index >= 15 is 0 Å². The zero-order valence-electron chi connectivity index (χ0n) is 15.9. The Kier molecular flexibility index (Phi) is 4.89. The van der Waals surface area contributed by atoms with E-state index in [0.29, 0.717) is 17.9 Å². The summed E-state index contributed by atoms with van der Waals surface area (Å²) < 4.78 is 11.2. The summed E-state index contributed by atoms with van der Waals surface area (Å²) in [5.41, 5.74) is 3.53. The Morgan fingerprint density at radius 3 is 2.36 bits per heavy atom. The minimum atomic E-state index is -0.0814. The third kappa shape index (κ3) is 3.16. The number of rotatable bonds is 5. The molecule has 1 aliphatic heterocycles. The van der Waals surface area contributed by atoms with Crippen LogP contribution in [0.15, 0.2) is 77.9 Å². The normalized spacial score (nSPS) is 16.0. The molecule has 0 bridgehead atoms. The molecule has 142 valence electrons. The van der Waals surface area contributed by atoms with E-state index in [-0.39, 0.29) is 11.8 Å². The summed E-state index contributed by atoms with van der Waals surface area (Å²) in [6.45, 7) is 0. The van der Waals surface area contributed by atoms with Crippen LogP contribution in [-0.2, 0) is 0 Å². The third-order valence-electron chi connectivity index (χ3n) is 4.94. The van der Waals surface area contributed by atoms with E-state index in [0.717, 1.165) is 22.5 Å². The van der Waals surface area contributed by atoms with Crippen molar-refractivity contribution in [2.24, 2.45) is 5.10 Å². The average molecular weight is 374 g/mol. The molecule has 1 heterocycles. The van der Waals surface area contributed by atoms with Crippen LogP contribution >= 0.6 is 0 Å². The SMILES string of the molecule is COc1cccc(C2CC(c3ccccc3O)=NN2c2ccccc2)c1OC. The molecule has 0 radical (unpaired) electrons. The lowest BCUT2D eigenvalue weighted by Crippen LogP contribution is -2.19. The number of phenols is 1. The fourth-order valence-electron chi connectivity index (χ4n) is 3.63. The van der Waals surface area contributed by atoms with E-state index in [4.69, 9.17) is 14.6 Å². The number of hydrazone groups is 1. The second kappa shape index (κ2) is 7.64. The van der Waals surface area contributed by atoms with Gasteiger partial charge in [-0.3, -0.25) is 5.01 Å². The quantitative estimate of drug-likeness (QED) is 0.699.